The number of halogens is 1. The van der Waals surface area contributed by atoms with Gasteiger partial charge in [-0.25, -0.2) is 0 Å². The highest BCUT2D eigenvalue weighted by atomic mass is 35.5. The molecule has 1 heterocycles. The zero-order chi connectivity index (χ0) is 17.6. The molecule has 1 amide bonds. The summed E-state index contributed by atoms with van der Waals surface area (Å²) in [6.07, 6.45) is 1.01. The Morgan fingerprint density at radius 2 is 2.12 bits per heavy atom. The van der Waals surface area contributed by atoms with Gasteiger partial charge in [0.25, 0.3) is 0 Å². The molecular weight excluding hydrogens is 338 g/mol. The Morgan fingerprint density at radius 3 is 2.92 bits per heavy atom. The molecule has 1 saturated heterocycles. The molecule has 1 fully saturated rings. The third-order valence-corrected chi connectivity index (χ3v) is 4.68. The molecule has 0 saturated carbocycles. The number of para-hydroxylation sites is 1. The molecule has 2 aromatic carbocycles. The molecule has 25 heavy (non-hydrogen) atoms. The maximum Gasteiger partial charge on any atom is 0.223 e. The molecule has 0 aromatic heterocycles. The Morgan fingerprint density at radius 1 is 1.28 bits per heavy atom. The predicted molar refractivity (Wildman–Crippen MR) is 98.0 cm³/mol. The number of amides is 1. The molecule has 5 heteroatoms. The molecule has 0 radical (unpaired) electrons. The summed E-state index contributed by atoms with van der Waals surface area (Å²) >= 11 is 6.06. The van der Waals surface area contributed by atoms with Gasteiger partial charge in [-0.1, -0.05) is 41.9 Å². The Balaban J connectivity index is 1.60. The first-order valence-electron chi connectivity index (χ1n) is 8.44. The molecule has 0 aliphatic carbocycles. The molecule has 1 unspecified atom stereocenters. The number of methoxy groups -OCH3 is 1. The first-order valence-corrected chi connectivity index (χ1v) is 8.82. The number of rotatable bonds is 5. The van der Waals surface area contributed by atoms with Crippen molar-refractivity contribution >= 4 is 17.5 Å². The zero-order valence-electron chi connectivity index (χ0n) is 14.3. The van der Waals surface area contributed by atoms with Gasteiger partial charge in [0.05, 0.1) is 20.3 Å². The average Bonchev–Trinajstić information content (AvgIpc) is 2.66. The number of carbonyl (C=O) groups excluding carboxylic acids is 1. The summed E-state index contributed by atoms with van der Waals surface area (Å²) in [5.74, 6) is 0.968. The maximum absolute atomic E-state index is 12.6. The number of aryl methyl sites for hydroxylation is 1. The van der Waals surface area contributed by atoms with Crippen molar-refractivity contribution in [2.75, 3.05) is 26.8 Å². The molecule has 1 aliphatic heterocycles. The highest BCUT2D eigenvalue weighted by Crippen LogP contribution is 2.25. The lowest BCUT2D eigenvalue weighted by Crippen LogP contribution is -2.42. The largest absolute Gasteiger partial charge is 0.496 e. The zero-order valence-corrected chi connectivity index (χ0v) is 15.0. The van der Waals surface area contributed by atoms with Gasteiger partial charge in [0, 0.05) is 18.0 Å². The number of carbonyl (C=O) groups is 1. The summed E-state index contributed by atoms with van der Waals surface area (Å²) in [5.41, 5.74) is 2.06. The molecule has 3 rings (SSSR count). The van der Waals surface area contributed by atoms with Crippen molar-refractivity contribution in [2.45, 2.75) is 18.9 Å². The first kappa shape index (κ1) is 17.8. The van der Waals surface area contributed by atoms with Crippen molar-refractivity contribution in [2.24, 2.45) is 0 Å². The summed E-state index contributed by atoms with van der Waals surface area (Å²) in [6.45, 7) is 1.73. The van der Waals surface area contributed by atoms with Crippen molar-refractivity contribution < 1.29 is 14.3 Å². The second-order valence-electron chi connectivity index (χ2n) is 6.07. The van der Waals surface area contributed by atoms with E-state index in [-0.39, 0.29) is 12.0 Å². The van der Waals surface area contributed by atoms with Crippen molar-refractivity contribution in [3.63, 3.8) is 0 Å². The number of nitrogens with zero attached hydrogens (tertiary/aromatic N) is 1. The molecule has 0 spiro atoms. The van der Waals surface area contributed by atoms with Crippen LogP contribution in [-0.4, -0.2) is 37.6 Å². The van der Waals surface area contributed by atoms with E-state index in [4.69, 9.17) is 21.1 Å². The molecule has 1 atom stereocenters. The maximum atomic E-state index is 12.6. The fourth-order valence-corrected chi connectivity index (χ4v) is 3.29. The molecule has 4 nitrogen and oxygen atoms in total. The van der Waals surface area contributed by atoms with E-state index in [2.05, 4.69) is 0 Å². The van der Waals surface area contributed by atoms with Crippen LogP contribution in [0.2, 0.25) is 5.02 Å². The summed E-state index contributed by atoms with van der Waals surface area (Å²) < 4.78 is 11.2. The number of ether oxygens (including phenoxy) is 2. The van der Waals surface area contributed by atoms with E-state index in [1.165, 1.54) is 0 Å². The highest BCUT2D eigenvalue weighted by molar-refractivity contribution is 6.30. The van der Waals surface area contributed by atoms with E-state index in [1.807, 2.05) is 53.4 Å². The number of benzene rings is 2. The van der Waals surface area contributed by atoms with Crippen LogP contribution >= 0.6 is 11.6 Å². The van der Waals surface area contributed by atoms with Crippen molar-refractivity contribution in [3.8, 4) is 5.75 Å². The molecular formula is C20H22ClNO3. The second-order valence-corrected chi connectivity index (χ2v) is 6.50. The van der Waals surface area contributed by atoms with Gasteiger partial charge in [-0.05, 0) is 35.7 Å². The van der Waals surface area contributed by atoms with E-state index in [0.29, 0.717) is 37.6 Å². The third kappa shape index (κ3) is 4.53. The van der Waals surface area contributed by atoms with Gasteiger partial charge in [0.1, 0.15) is 11.9 Å². The van der Waals surface area contributed by atoms with Gasteiger partial charge < -0.3 is 14.4 Å². The van der Waals surface area contributed by atoms with Crippen LogP contribution in [-0.2, 0) is 16.0 Å². The van der Waals surface area contributed by atoms with Crippen LogP contribution in [0.15, 0.2) is 48.5 Å². The van der Waals surface area contributed by atoms with Crippen LogP contribution in [0.3, 0.4) is 0 Å². The summed E-state index contributed by atoms with van der Waals surface area (Å²) in [4.78, 5) is 14.5. The lowest BCUT2D eigenvalue weighted by molar-refractivity contribution is -0.139. The van der Waals surface area contributed by atoms with E-state index in [1.54, 1.807) is 7.11 Å². The predicted octanol–water partition coefficient (Wildman–Crippen LogP) is 3.88. The monoisotopic (exact) mass is 359 g/mol. The van der Waals surface area contributed by atoms with Crippen LogP contribution in [0.4, 0.5) is 0 Å². The molecule has 132 valence electrons. The fourth-order valence-electron chi connectivity index (χ4n) is 3.09. The molecule has 0 bridgehead atoms. The normalized spacial score (nSPS) is 17.4. The Hall–Kier alpha value is -2.04. The molecule has 1 aliphatic rings. The topological polar surface area (TPSA) is 38.8 Å². The van der Waals surface area contributed by atoms with Gasteiger partial charge in [-0.2, -0.15) is 0 Å². The lowest BCUT2D eigenvalue weighted by atomic mass is 10.1. The SMILES string of the molecule is COc1ccccc1CCC(=O)N1CCOC(c2cccc(Cl)c2)C1. The summed E-state index contributed by atoms with van der Waals surface area (Å²) in [5, 5.41) is 0.681. The van der Waals surface area contributed by atoms with Crippen LogP contribution in [0.5, 0.6) is 5.75 Å². The standard InChI is InChI=1S/C20H22ClNO3/c1-24-18-8-3-2-5-15(18)9-10-20(23)22-11-12-25-19(14-22)16-6-4-7-17(21)13-16/h2-8,13,19H,9-12,14H2,1H3. The van der Waals surface area contributed by atoms with E-state index < -0.39 is 0 Å². The van der Waals surface area contributed by atoms with Crippen LogP contribution in [0.1, 0.15) is 23.7 Å². The number of hydrogen-bond donors (Lipinski definition) is 0. The van der Waals surface area contributed by atoms with Gasteiger partial charge in [0.2, 0.25) is 5.91 Å². The van der Waals surface area contributed by atoms with E-state index in [9.17, 15) is 4.79 Å². The lowest BCUT2D eigenvalue weighted by Gasteiger charge is -2.33. The number of morpholine rings is 1. The summed E-state index contributed by atoms with van der Waals surface area (Å²) in [7, 11) is 1.65. The fraction of sp³-hybridized carbons (Fsp3) is 0.350. The minimum absolute atomic E-state index is 0.123. The van der Waals surface area contributed by atoms with Crippen LogP contribution < -0.4 is 4.74 Å². The Labute approximate surface area is 153 Å². The first-order chi connectivity index (χ1) is 12.2. The van der Waals surface area contributed by atoms with Crippen molar-refractivity contribution in [1.29, 1.82) is 0 Å². The van der Waals surface area contributed by atoms with Crippen LogP contribution in [0.25, 0.3) is 0 Å². The minimum atomic E-state index is -0.123. The Bertz CT molecular complexity index is 734. The van der Waals surface area contributed by atoms with Gasteiger partial charge in [0.15, 0.2) is 0 Å². The van der Waals surface area contributed by atoms with Crippen molar-refractivity contribution in [1.82, 2.24) is 4.90 Å². The van der Waals surface area contributed by atoms with Gasteiger partial charge in [-0.3, -0.25) is 4.79 Å². The van der Waals surface area contributed by atoms with E-state index >= 15 is 0 Å². The highest BCUT2D eigenvalue weighted by Gasteiger charge is 2.25. The molecule has 2 aromatic rings. The third-order valence-electron chi connectivity index (χ3n) is 4.44. The van der Waals surface area contributed by atoms with Crippen LogP contribution in [0, 0.1) is 0 Å². The molecule has 0 N–H and O–H groups in total. The average molecular weight is 360 g/mol. The minimum Gasteiger partial charge on any atom is -0.496 e. The van der Waals surface area contributed by atoms with E-state index in [0.717, 1.165) is 16.9 Å². The smallest absolute Gasteiger partial charge is 0.223 e. The van der Waals surface area contributed by atoms with Gasteiger partial charge in [-0.15, -0.1) is 0 Å². The Kier molecular flexibility index (Phi) is 5.95. The van der Waals surface area contributed by atoms with Gasteiger partial charge >= 0.3 is 0 Å². The summed E-state index contributed by atoms with van der Waals surface area (Å²) in [6, 6.07) is 15.4. The van der Waals surface area contributed by atoms with Crippen molar-refractivity contribution in [3.05, 3.63) is 64.7 Å². The number of hydrogen-bond acceptors (Lipinski definition) is 3. The second kappa shape index (κ2) is 8.37. The quantitative estimate of drug-likeness (QED) is 0.813.